The van der Waals surface area contributed by atoms with Crippen molar-refractivity contribution < 1.29 is 4.79 Å². The van der Waals surface area contributed by atoms with Crippen molar-refractivity contribution in [2.75, 3.05) is 0 Å². The summed E-state index contributed by atoms with van der Waals surface area (Å²) >= 11 is 8.85. The van der Waals surface area contributed by atoms with Crippen LogP contribution in [0.1, 0.15) is 5.56 Å². The molecule has 3 nitrogen and oxygen atoms in total. The largest absolute Gasteiger partial charge is 0.240 e. The van der Waals surface area contributed by atoms with Crippen LogP contribution in [0.2, 0.25) is 5.02 Å². The van der Waals surface area contributed by atoms with E-state index in [-0.39, 0.29) is 16.3 Å². The lowest BCUT2D eigenvalue weighted by atomic mass is 10.2. The second kappa shape index (κ2) is 4.20. The van der Waals surface area contributed by atoms with E-state index in [9.17, 15) is 4.79 Å². The van der Waals surface area contributed by atoms with E-state index in [0.717, 1.165) is 0 Å². The van der Waals surface area contributed by atoms with Gasteiger partial charge in [0.25, 0.3) is 0 Å². The number of nitrogens with zero attached hydrogens (tertiary/aromatic N) is 2. The number of hydrogen-bond donors (Lipinski definition) is 0. The molecule has 0 atom stereocenters. The Balaban J connectivity index is 3.54. The summed E-state index contributed by atoms with van der Waals surface area (Å²) in [5.41, 5.74) is 0.379. The van der Waals surface area contributed by atoms with Crippen LogP contribution in [0.25, 0.3) is 0 Å². The van der Waals surface area contributed by atoms with Gasteiger partial charge in [0.05, 0.1) is 10.6 Å². The summed E-state index contributed by atoms with van der Waals surface area (Å²) in [6, 6.07) is 5.05. The fraction of sp³-hybridized carbons (Fsp3) is 0. The van der Waals surface area contributed by atoms with Gasteiger partial charge in [-0.05, 0) is 28.1 Å². The highest BCUT2D eigenvalue weighted by Gasteiger charge is 2.09. The Hall–Kier alpha value is -1.14. The molecule has 1 aromatic rings. The molecule has 0 fully saturated rings. The number of benzene rings is 1. The zero-order valence-electron chi connectivity index (χ0n) is 6.21. The van der Waals surface area contributed by atoms with E-state index >= 15 is 0 Å². The van der Waals surface area contributed by atoms with Gasteiger partial charge in [-0.1, -0.05) is 11.6 Å². The third kappa shape index (κ3) is 1.96. The van der Waals surface area contributed by atoms with Crippen LogP contribution in [0, 0.1) is 11.3 Å². The molecule has 0 aromatic heterocycles. The first-order valence-corrected chi connectivity index (χ1v) is 4.33. The van der Waals surface area contributed by atoms with Gasteiger partial charge in [0.2, 0.25) is 6.08 Å². The Morgan fingerprint density at radius 1 is 1.54 bits per heavy atom. The highest BCUT2D eigenvalue weighted by atomic mass is 79.9. The molecule has 0 aliphatic carbocycles. The van der Waals surface area contributed by atoms with E-state index in [4.69, 9.17) is 16.9 Å². The van der Waals surface area contributed by atoms with Crippen molar-refractivity contribution in [3.63, 3.8) is 0 Å². The normalized spacial score (nSPS) is 8.69. The fourth-order valence-electron chi connectivity index (χ4n) is 0.802. The Kier molecular flexibility index (Phi) is 3.21. The number of rotatable bonds is 1. The maximum absolute atomic E-state index is 10.0. The van der Waals surface area contributed by atoms with Crippen LogP contribution in [0.3, 0.4) is 0 Å². The van der Waals surface area contributed by atoms with Crippen LogP contribution in [0.15, 0.2) is 21.6 Å². The number of carbonyl (C=O) groups excluding carboxylic acids is 1. The number of halogens is 2. The standard InChI is InChI=1S/C8H2BrClN2O/c9-6-1-2-7(10)8(12-4-13)5(6)3-11/h1-2H. The molecule has 0 bridgehead atoms. The molecule has 0 saturated carbocycles. The predicted molar refractivity (Wildman–Crippen MR) is 51.6 cm³/mol. The number of hydrogen-bond acceptors (Lipinski definition) is 3. The van der Waals surface area contributed by atoms with Gasteiger partial charge < -0.3 is 0 Å². The highest BCUT2D eigenvalue weighted by molar-refractivity contribution is 9.10. The molecule has 0 aliphatic heterocycles. The summed E-state index contributed by atoms with van der Waals surface area (Å²) in [7, 11) is 0. The van der Waals surface area contributed by atoms with Gasteiger partial charge in [0.15, 0.2) is 0 Å². The molecule has 0 radical (unpaired) electrons. The zero-order valence-corrected chi connectivity index (χ0v) is 8.56. The fourth-order valence-corrected chi connectivity index (χ4v) is 1.41. The van der Waals surface area contributed by atoms with Gasteiger partial charge in [0.1, 0.15) is 11.8 Å². The van der Waals surface area contributed by atoms with Crippen molar-refractivity contribution in [3.8, 4) is 6.07 Å². The second-order valence-corrected chi connectivity index (χ2v) is 3.33. The molecule has 0 N–H and O–H groups in total. The van der Waals surface area contributed by atoms with Gasteiger partial charge >= 0.3 is 0 Å². The maximum Gasteiger partial charge on any atom is 0.240 e. The zero-order chi connectivity index (χ0) is 9.84. The van der Waals surface area contributed by atoms with Crippen molar-refractivity contribution in [1.82, 2.24) is 0 Å². The summed E-state index contributed by atoms with van der Waals surface area (Å²) in [5, 5.41) is 8.97. The quantitative estimate of drug-likeness (QED) is 0.574. The lowest BCUT2D eigenvalue weighted by molar-refractivity contribution is 0.565. The molecule has 0 aliphatic rings. The molecular formula is C8H2BrClN2O. The average molecular weight is 257 g/mol. The first-order chi connectivity index (χ1) is 6.20. The van der Waals surface area contributed by atoms with E-state index in [1.54, 1.807) is 12.1 Å². The molecule has 0 saturated heterocycles. The third-order valence-corrected chi connectivity index (χ3v) is 2.31. The van der Waals surface area contributed by atoms with E-state index < -0.39 is 0 Å². The molecule has 0 unspecified atom stereocenters. The predicted octanol–water partition coefficient (Wildman–Crippen LogP) is 2.94. The van der Waals surface area contributed by atoms with Crippen LogP contribution in [0.4, 0.5) is 5.69 Å². The van der Waals surface area contributed by atoms with Gasteiger partial charge in [0, 0.05) is 4.47 Å². The van der Waals surface area contributed by atoms with E-state index in [2.05, 4.69) is 20.9 Å². The van der Waals surface area contributed by atoms with Crippen molar-refractivity contribution in [2.24, 2.45) is 4.99 Å². The van der Waals surface area contributed by atoms with Crippen LogP contribution in [0.5, 0.6) is 0 Å². The Morgan fingerprint density at radius 3 is 2.77 bits per heavy atom. The van der Waals surface area contributed by atoms with Gasteiger partial charge in [-0.2, -0.15) is 10.3 Å². The summed E-state index contributed by atoms with van der Waals surface area (Å²) < 4.78 is 0.549. The summed E-state index contributed by atoms with van der Waals surface area (Å²) in [6.07, 6.45) is 1.35. The minimum absolute atomic E-state index is 0.147. The Morgan fingerprint density at radius 2 is 2.23 bits per heavy atom. The first kappa shape index (κ1) is 9.94. The highest BCUT2D eigenvalue weighted by Crippen LogP contribution is 2.33. The van der Waals surface area contributed by atoms with E-state index in [1.165, 1.54) is 6.08 Å². The minimum atomic E-state index is 0.147. The van der Waals surface area contributed by atoms with Crippen molar-refractivity contribution >= 4 is 39.3 Å². The molecule has 0 heterocycles. The lowest BCUT2D eigenvalue weighted by Crippen LogP contribution is -1.80. The van der Waals surface area contributed by atoms with E-state index in [1.807, 2.05) is 6.07 Å². The first-order valence-electron chi connectivity index (χ1n) is 3.16. The smallest absolute Gasteiger partial charge is 0.211 e. The topological polar surface area (TPSA) is 53.2 Å². The van der Waals surface area contributed by atoms with Gasteiger partial charge in [-0.25, -0.2) is 4.79 Å². The van der Waals surface area contributed by atoms with Crippen LogP contribution in [-0.2, 0) is 4.79 Å². The molecule has 5 heteroatoms. The van der Waals surface area contributed by atoms with Crippen molar-refractivity contribution in [3.05, 3.63) is 27.2 Å². The van der Waals surface area contributed by atoms with Crippen molar-refractivity contribution in [2.45, 2.75) is 0 Å². The monoisotopic (exact) mass is 256 g/mol. The Labute approximate surface area is 87.8 Å². The second-order valence-electron chi connectivity index (χ2n) is 2.07. The van der Waals surface area contributed by atoms with E-state index in [0.29, 0.717) is 4.47 Å². The average Bonchev–Trinajstić information content (AvgIpc) is 2.12. The molecule has 13 heavy (non-hydrogen) atoms. The SMILES string of the molecule is N#Cc1c(Br)ccc(Cl)c1N=C=O. The van der Waals surface area contributed by atoms with Gasteiger partial charge in [-0.3, -0.25) is 0 Å². The summed E-state index contributed by atoms with van der Waals surface area (Å²) in [5.74, 6) is 0. The van der Waals surface area contributed by atoms with Gasteiger partial charge in [-0.15, -0.1) is 0 Å². The lowest BCUT2D eigenvalue weighted by Gasteiger charge is -2.00. The summed E-state index contributed by atoms with van der Waals surface area (Å²) in [4.78, 5) is 13.4. The van der Waals surface area contributed by atoms with Crippen LogP contribution >= 0.6 is 27.5 Å². The number of nitriles is 1. The number of aliphatic imine (C=N–C) groups is 1. The number of isocyanates is 1. The Bertz CT molecular complexity index is 433. The molecule has 1 rings (SSSR count). The third-order valence-electron chi connectivity index (χ3n) is 1.35. The van der Waals surface area contributed by atoms with Crippen LogP contribution in [-0.4, -0.2) is 6.08 Å². The molecular weight excluding hydrogens is 255 g/mol. The molecule has 64 valence electrons. The minimum Gasteiger partial charge on any atom is -0.211 e. The maximum atomic E-state index is 10.0. The molecule has 0 amide bonds. The van der Waals surface area contributed by atoms with Crippen molar-refractivity contribution in [1.29, 1.82) is 5.26 Å². The summed E-state index contributed by atoms with van der Waals surface area (Å²) in [6.45, 7) is 0. The van der Waals surface area contributed by atoms with Crippen LogP contribution < -0.4 is 0 Å². The molecule has 1 aromatic carbocycles. The molecule has 0 spiro atoms.